The average molecular weight is 304 g/mol. The molecule has 20 heavy (non-hydrogen) atoms. The van der Waals surface area contributed by atoms with E-state index in [2.05, 4.69) is 46.0 Å². The van der Waals surface area contributed by atoms with Crippen molar-refractivity contribution in [3.63, 3.8) is 0 Å². The van der Waals surface area contributed by atoms with E-state index in [9.17, 15) is 8.78 Å². The van der Waals surface area contributed by atoms with Crippen molar-refractivity contribution in [2.75, 3.05) is 6.61 Å². The molecule has 0 aromatic carbocycles. The van der Waals surface area contributed by atoms with Crippen LogP contribution in [0.2, 0.25) is 18.1 Å². The molecule has 4 heteroatoms. The zero-order chi connectivity index (χ0) is 15.4. The second kappa shape index (κ2) is 6.69. The molecule has 1 nitrogen and oxygen atoms in total. The molecular weight excluding hydrogens is 274 g/mol. The van der Waals surface area contributed by atoms with Gasteiger partial charge < -0.3 is 4.43 Å². The summed E-state index contributed by atoms with van der Waals surface area (Å²) in [6.45, 7) is 11.9. The van der Waals surface area contributed by atoms with Gasteiger partial charge in [-0.2, -0.15) is 0 Å². The molecule has 1 saturated carbocycles. The molecule has 0 N–H and O–H groups in total. The summed E-state index contributed by atoms with van der Waals surface area (Å²) in [6.07, 6.45) is 6.44. The number of halogens is 2. The Morgan fingerprint density at radius 2 is 1.75 bits per heavy atom. The third kappa shape index (κ3) is 5.64. The minimum atomic E-state index is -2.42. The van der Waals surface area contributed by atoms with Gasteiger partial charge in [-0.15, -0.1) is 0 Å². The highest BCUT2D eigenvalue weighted by Gasteiger charge is 2.37. The molecule has 0 spiro atoms. The van der Waals surface area contributed by atoms with Gasteiger partial charge in [0.2, 0.25) is 5.92 Å². The van der Waals surface area contributed by atoms with Crippen LogP contribution in [0.25, 0.3) is 0 Å². The third-order valence-electron chi connectivity index (χ3n) is 4.72. The standard InChI is InChI=1S/C16H30F2OSi/c1-15(2,3)20(4,5)19-13-7-6-8-14-9-11-16(17,18)12-10-14/h6,8,14H,7,9-13H2,1-5H3. The Kier molecular flexibility index (Phi) is 5.97. The van der Waals surface area contributed by atoms with Crippen LogP contribution in [0.4, 0.5) is 8.78 Å². The molecule has 0 saturated heterocycles. The highest BCUT2D eigenvalue weighted by atomic mass is 28.4. The van der Waals surface area contributed by atoms with Crippen LogP contribution < -0.4 is 0 Å². The van der Waals surface area contributed by atoms with Crippen molar-refractivity contribution in [3.8, 4) is 0 Å². The normalized spacial score (nSPS) is 21.6. The van der Waals surface area contributed by atoms with Crippen molar-refractivity contribution >= 4 is 8.32 Å². The van der Waals surface area contributed by atoms with Gasteiger partial charge in [-0.05, 0) is 43.3 Å². The largest absolute Gasteiger partial charge is 0.417 e. The monoisotopic (exact) mass is 304 g/mol. The van der Waals surface area contributed by atoms with Crippen molar-refractivity contribution in [2.45, 2.75) is 76.9 Å². The van der Waals surface area contributed by atoms with Gasteiger partial charge in [0.1, 0.15) is 0 Å². The smallest absolute Gasteiger partial charge is 0.248 e. The Labute approximate surface area is 123 Å². The molecule has 0 bridgehead atoms. The zero-order valence-corrected chi connectivity index (χ0v) is 14.6. The SMILES string of the molecule is CC(C)(C)[Si](C)(C)OCCC=CC1CCC(F)(F)CC1. The summed E-state index contributed by atoms with van der Waals surface area (Å²) >= 11 is 0. The Balaban J connectivity index is 2.24. The topological polar surface area (TPSA) is 9.23 Å². The van der Waals surface area contributed by atoms with Crippen LogP contribution >= 0.6 is 0 Å². The lowest BCUT2D eigenvalue weighted by molar-refractivity contribution is -0.0411. The van der Waals surface area contributed by atoms with Crippen LogP contribution in [0.5, 0.6) is 0 Å². The van der Waals surface area contributed by atoms with Crippen molar-refractivity contribution in [2.24, 2.45) is 5.92 Å². The summed E-state index contributed by atoms with van der Waals surface area (Å²) in [5.41, 5.74) is 0. The molecule has 0 aliphatic heterocycles. The van der Waals surface area contributed by atoms with E-state index in [1.54, 1.807) is 0 Å². The first-order chi connectivity index (χ1) is 9.04. The van der Waals surface area contributed by atoms with E-state index in [0.717, 1.165) is 13.0 Å². The lowest BCUT2D eigenvalue weighted by atomic mass is 9.86. The fourth-order valence-electron chi connectivity index (χ4n) is 2.14. The fraction of sp³-hybridized carbons (Fsp3) is 0.875. The molecule has 0 unspecified atom stereocenters. The van der Waals surface area contributed by atoms with E-state index < -0.39 is 14.2 Å². The van der Waals surface area contributed by atoms with Gasteiger partial charge in [-0.25, -0.2) is 8.78 Å². The van der Waals surface area contributed by atoms with Crippen LogP contribution in [0.15, 0.2) is 12.2 Å². The molecule has 1 fully saturated rings. The minimum absolute atomic E-state index is 0.0441. The Morgan fingerprint density at radius 1 is 1.20 bits per heavy atom. The molecule has 0 heterocycles. The van der Waals surface area contributed by atoms with E-state index in [1.165, 1.54) is 0 Å². The molecule has 0 radical (unpaired) electrons. The predicted molar refractivity (Wildman–Crippen MR) is 83.8 cm³/mol. The summed E-state index contributed by atoms with van der Waals surface area (Å²) in [5.74, 6) is -2.09. The number of allylic oxidation sites excluding steroid dienone is 1. The van der Waals surface area contributed by atoms with E-state index in [1.807, 2.05) is 0 Å². The number of hydrogen-bond acceptors (Lipinski definition) is 1. The minimum Gasteiger partial charge on any atom is -0.417 e. The van der Waals surface area contributed by atoms with Gasteiger partial charge in [0, 0.05) is 19.4 Å². The predicted octanol–water partition coefficient (Wildman–Crippen LogP) is 5.78. The molecule has 0 atom stereocenters. The van der Waals surface area contributed by atoms with Crippen LogP contribution in [-0.2, 0) is 4.43 Å². The van der Waals surface area contributed by atoms with Gasteiger partial charge in [0.15, 0.2) is 8.32 Å². The molecule has 1 aliphatic carbocycles. The maximum atomic E-state index is 13.0. The van der Waals surface area contributed by atoms with Crippen molar-refractivity contribution in [1.82, 2.24) is 0 Å². The van der Waals surface area contributed by atoms with Crippen molar-refractivity contribution < 1.29 is 13.2 Å². The first kappa shape index (κ1) is 17.8. The van der Waals surface area contributed by atoms with Crippen molar-refractivity contribution in [3.05, 3.63) is 12.2 Å². The molecule has 0 aromatic rings. The van der Waals surface area contributed by atoms with Crippen LogP contribution in [0, 0.1) is 5.92 Å². The van der Waals surface area contributed by atoms with Gasteiger partial charge in [-0.1, -0.05) is 32.9 Å². The quantitative estimate of drug-likeness (QED) is 0.355. The highest BCUT2D eigenvalue weighted by Crippen LogP contribution is 2.37. The second-order valence-electron chi connectivity index (χ2n) is 7.52. The van der Waals surface area contributed by atoms with Crippen LogP contribution in [-0.4, -0.2) is 20.8 Å². The highest BCUT2D eigenvalue weighted by molar-refractivity contribution is 6.74. The fourth-order valence-corrected chi connectivity index (χ4v) is 3.20. The van der Waals surface area contributed by atoms with Gasteiger partial charge in [-0.3, -0.25) is 0 Å². The molecule has 0 amide bonds. The van der Waals surface area contributed by atoms with Crippen LogP contribution in [0.1, 0.15) is 52.9 Å². The maximum absolute atomic E-state index is 13.0. The number of rotatable bonds is 5. The molecule has 118 valence electrons. The zero-order valence-electron chi connectivity index (χ0n) is 13.6. The molecule has 0 aromatic heterocycles. The summed E-state index contributed by atoms with van der Waals surface area (Å²) < 4.78 is 32.1. The van der Waals surface area contributed by atoms with E-state index in [4.69, 9.17) is 4.43 Å². The average Bonchev–Trinajstić information content (AvgIpc) is 2.29. The van der Waals surface area contributed by atoms with Gasteiger partial charge in [0.25, 0.3) is 0 Å². The molecular formula is C16H30F2OSi. The van der Waals surface area contributed by atoms with E-state index >= 15 is 0 Å². The Hall–Kier alpha value is -0.223. The second-order valence-corrected chi connectivity index (χ2v) is 12.3. The Morgan fingerprint density at radius 3 is 2.25 bits per heavy atom. The first-order valence-electron chi connectivity index (χ1n) is 7.72. The number of hydrogen-bond donors (Lipinski definition) is 0. The van der Waals surface area contributed by atoms with E-state index in [-0.39, 0.29) is 17.9 Å². The molecule has 1 aliphatic rings. The lowest BCUT2D eigenvalue weighted by Crippen LogP contribution is -2.40. The lowest BCUT2D eigenvalue weighted by Gasteiger charge is -2.36. The number of alkyl halides is 2. The maximum Gasteiger partial charge on any atom is 0.248 e. The first-order valence-corrected chi connectivity index (χ1v) is 10.6. The van der Waals surface area contributed by atoms with Crippen molar-refractivity contribution in [1.29, 1.82) is 0 Å². The molecule has 1 rings (SSSR count). The summed E-state index contributed by atoms with van der Waals surface area (Å²) in [4.78, 5) is 0. The van der Waals surface area contributed by atoms with E-state index in [0.29, 0.717) is 18.8 Å². The van der Waals surface area contributed by atoms with Gasteiger partial charge in [0.05, 0.1) is 0 Å². The van der Waals surface area contributed by atoms with Crippen LogP contribution in [0.3, 0.4) is 0 Å². The summed E-state index contributed by atoms with van der Waals surface area (Å²) in [5, 5.41) is 0.242. The van der Waals surface area contributed by atoms with Gasteiger partial charge >= 0.3 is 0 Å². The summed E-state index contributed by atoms with van der Waals surface area (Å²) in [7, 11) is -1.65. The third-order valence-corrected chi connectivity index (χ3v) is 9.26. The summed E-state index contributed by atoms with van der Waals surface area (Å²) in [6, 6.07) is 0. The Bertz CT molecular complexity index is 322.